The van der Waals surface area contributed by atoms with E-state index in [9.17, 15) is 4.39 Å². The van der Waals surface area contributed by atoms with E-state index < -0.39 is 0 Å². The van der Waals surface area contributed by atoms with E-state index in [2.05, 4.69) is 40.3 Å². The van der Waals surface area contributed by atoms with Crippen LogP contribution < -0.4 is 20.4 Å². The van der Waals surface area contributed by atoms with Gasteiger partial charge in [-0.15, -0.1) is 0 Å². The summed E-state index contributed by atoms with van der Waals surface area (Å²) in [5, 5.41) is 7.02. The molecule has 184 valence electrons. The van der Waals surface area contributed by atoms with Crippen molar-refractivity contribution in [1.29, 1.82) is 0 Å². The molecule has 1 aromatic heterocycles. The molecule has 0 radical (unpaired) electrons. The molecular weight excluding hydrogens is 447 g/mol. The first-order valence-electron chi connectivity index (χ1n) is 12.7. The number of rotatable bonds is 7. The number of hydrogen-bond donors (Lipinski definition) is 2. The molecule has 0 amide bonds. The van der Waals surface area contributed by atoms with Crippen molar-refractivity contribution in [2.45, 2.75) is 64.8 Å². The molecule has 0 saturated carbocycles. The van der Waals surface area contributed by atoms with Gasteiger partial charge in [0.1, 0.15) is 17.5 Å². The van der Waals surface area contributed by atoms with Gasteiger partial charge in [0.05, 0.1) is 0 Å². The topological polar surface area (TPSA) is 56.3 Å². The molecule has 2 N–H and O–H groups in total. The summed E-state index contributed by atoms with van der Waals surface area (Å²) in [6.45, 7) is 8.41. The number of aromatic nitrogens is 2. The third-order valence-corrected chi connectivity index (χ3v) is 7.22. The Morgan fingerprint density at radius 2 is 1.76 bits per heavy atom. The number of anilines is 3. The van der Waals surface area contributed by atoms with Crippen molar-refractivity contribution in [2.75, 3.05) is 41.3 Å². The molecule has 0 unspecified atom stereocenters. The Morgan fingerprint density at radius 1 is 1.03 bits per heavy atom. The summed E-state index contributed by atoms with van der Waals surface area (Å²) in [6, 6.07) is 9.29. The van der Waals surface area contributed by atoms with Gasteiger partial charge in [-0.05, 0) is 87.7 Å². The Bertz CT molecular complexity index is 945. The van der Waals surface area contributed by atoms with Gasteiger partial charge in [0.25, 0.3) is 0 Å². The zero-order valence-electron chi connectivity index (χ0n) is 20.4. The summed E-state index contributed by atoms with van der Waals surface area (Å²) in [4.78, 5) is 14.5. The largest absolute Gasteiger partial charge is 0.362 e. The van der Waals surface area contributed by atoms with E-state index >= 15 is 0 Å². The van der Waals surface area contributed by atoms with Crippen LogP contribution in [0.2, 0.25) is 0 Å². The predicted octanol–water partition coefficient (Wildman–Crippen LogP) is 5.15. The van der Waals surface area contributed by atoms with Crippen molar-refractivity contribution in [1.82, 2.24) is 15.3 Å². The minimum absolute atomic E-state index is 0.202. The number of benzene rings is 1. The third kappa shape index (κ3) is 6.78. The molecule has 2 aliphatic heterocycles. The maximum atomic E-state index is 13.1. The second-order valence-corrected chi connectivity index (χ2v) is 10.1. The molecule has 0 spiro atoms. The molecule has 3 heterocycles. The Balaban J connectivity index is 1.39. The highest BCUT2D eigenvalue weighted by molar-refractivity contribution is 7.80. The minimum Gasteiger partial charge on any atom is -0.362 e. The summed E-state index contributed by atoms with van der Waals surface area (Å²) in [6.07, 6.45) is 7.81. The number of piperidine rings is 2. The molecule has 34 heavy (non-hydrogen) atoms. The number of nitrogens with zero attached hydrogens (tertiary/aromatic N) is 4. The van der Waals surface area contributed by atoms with E-state index in [-0.39, 0.29) is 5.82 Å². The predicted molar refractivity (Wildman–Crippen MR) is 142 cm³/mol. The maximum absolute atomic E-state index is 13.1. The van der Waals surface area contributed by atoms with Crippen LogP contribution in [0.15, 0.2) is 30.3 Å². The van der Waals surface area contributed by atoms with Crippen LogP contribution >= 0.6 is 12.2 Å². The summed E-state index contributed by atoms with van der Waals surface area (Å²) in [7, 11) is 0. The van der Waals surface area contributed by atoms with Crippen molar-refractivity contribution < 1.29 is 4.39 Å². The first kappa shape index (κ1) is 24.6. The lowest BCUT2D eigenvalue weighted by Crippen LogP contribution is -2.39. The van der Waals surface area contributed by atoms with Gasteiger partial charge in [-0.1, -0.05) is 19.1 Å². The summed E-state index contributed by atoms with van der Waals surface area (Å²) in [5.74, 6) is 3.09. The molecule has 2 aliphatic rings. The fraction of sp³-hybridized carbons (Fsp3) is 0.577. The molecule has 8 heteroatoms. The van der Waals surface area contributed by atoms with E-state index in [1.807, 2.05) is 12.1 Å². The first-order valence-corrected chi connectivity index (χ1v) is 13.1. The van der Waals surface area contributed by atoms with Crippen LogP contribution in [0.25, 0.3) is 0 Å². The zero-order valence-corrected chi connectivity index (χ0v) is 21.2. The van der Waals surface area contributed by atoms with E-state index in [1.54, 1.807) is 0 Å². The lowest BCUT2D eigenvalue weighted by atomic mass is 9.99. The average molecular weight is 485 g/mol. The van der Waals surface area contributed by atoms with E-state index in [0.717, 1.165) is 62.1 Å². The summed E-state index contributed by atoms with van der Waals surface area (Å²) in [5.41, 5.74) is 1.12. The Hall–Kier alpha value is -2.48. The molecule has 2 aromatic rings. The fourth-order valence-electron chi connectivity index (χ4n) is 4.75. The van der Waals surface area contributed by atoms with Crippen molar-refractivity contribution in [2.24, 2.45) is 5.92 Å². The second-order valence-electron chi connectivity index (χ2n) is 9.73. The summed E-state index contributed by atoms with van der Waals surface area (Å²) >= 11 is 5.54. The van der Waals surface area contributed by atoms with Crippen LogP contribution in [-0.2, 0) is 6.42 Å². The van der Waals surface area contributed by atoms with Crippen molar-refractivity contribution in [3.8, 4) is 0 Å². The number of halogens is 1. The molecule has 1 atom stereocenters. The van der Waals surface area contributed by atoms with Gasteiger partial charge < -0.3 is 20.4 Å². The molecular formula is C26H37FN6S. The van der Waals surface area contributed by atoms with E-state index in [4.69, 9.17) is 22.2 Å². The third-order valence-electron chi connectivity index (χ3n) is 6.97. The van der Waals surface area contributed by atoms with Crippen molar-refractivity contribution in [3.63, 3.8) is 0 Å². The number of aryl methyl sites for hydroxylation is 1. The van der Waals surface area contributed by atoms with Gasteiger partial charge in [-0.3, -0.25) is 0 Å². The normalized spacial score (nSPS) is 19.2. The molecule has 6 nitrogen and oxygen atoms in total. The standard InChI is InChI=1S/C26H37FN6S/c1-19-12-16-32(17-13-19)23-18-24(33-15-4-3-6-20(33)2)30-25(29-23)31-26(34)28-14-5-7-21-8-10-22(27)11-9-21/h8-11,18-20H,3-7,12-17H2,1-2H3,(H2,28,29,30,31,34)/t20-/m1/s1. The molecule has 4 rings (SSSR count). The van der Waals surface area contributed by atoms with Gasteiger partial charge >= 0.3 is 0 Å². The SMILES string of the molecule is CC1CCN(c2cc(N3CCCC[C@H]3C)nc(NC(=S)NCCCc3ccc(F)cc3)n2)CC1. The quantitative estimate of drug-likeness (QED) is 0.416. The van der Waals surface area contributed by atoms with Crippen LogP contribution in [-0.4, -0.2) is 47.3 Å². The van der Waals surface area contributed by atoms with Crippen LogP contribution in [0.1, 0.15) is 57.9 Å². The highest BCUT2D eigenvalue weighted by Crippen LogP contribution is 2.29. The van der Waals surface area contributed by atoms with Gasteiger partial charge in [0, 0.05) is 38.3 Å². The Morgan fingerprint density at radius 3 is 2.50 bits per heavy atom. The summed E-state index contributed by atoms with van der Waals surface area (Å²) < 4.78 is 13.1. The van der Waals surface area contributed by atoms with Crippen LogP contribution in [0.3, 0.4) is 0 Å². The van der Waals surface area contributed by atoms with Gasteiger partial charge in [0.2, 0.25) is 5.95 Å². The monoisotopic (exact) mass is 484 g/mol. The average Bonchev–Trinajstić information content (AvgIpc) is 2.83. The van der Waals surface area contributed by atoms with Gasteiger partial charge in [-0.2, -0.15) is 9.97 Å². The second kappa shape index (κ2) is 11.8. The number of nitrogens with one attached hydrogen (secondary N) is 2. The van der Waals surface area contributed by atoms with E-state index in [1.165, 1.54) is 44.2 Å². The van der Waals surface area contributed by atoms with Gasteiger partial charge in [0.15, 0.2) is 5.11 Å². The van der Waals surface area contributed by atoms with Crippen LogP contribution in [0, 0.1) is 11.7 Å². The molecule has 2 saturated heterocycles. The van der Waals surface area contributed by atoms with Gasteiger partial charge in [-0.25, -0.2) is 4.39 Å². The molecule has 0 bridgehead atoms. The van der Waals surface area contributed by atoms with Crippen LogP contribution in [0.4, 0.5) is 22.0 Å². The molecule has 2 fully saturated rings. The Kier molecular flexibility index (Phi) is 8.53. The van der Waals surface area contributed by atoms with Crippen molar-refractivity contribution >= 4 is 34.9 Å². The number of hydrogen-bond acceptors (Lipinski definition) is 5. The number of thiocarbonyl (C=S) groups is 1. The maximum Gasteiger partial charge on any atom is 0.232 e. The van der Waals surface area contributed by atoms with Crippen molar-refractivity contribution in [3.05, 3.63) is 41.7 Å². The molecule has 1 aromatic carbocycles. The smallest absolute Gasteiger partial charge is 0.232 e. The highest BCUT2D eigenvalue weighted by Gasteiger charge is 2.24. The minimum atomic E-state index is -0.202. The first-order chi connectivity index (χ1) is 16.5. The lowest BCUT2D eigenvalue weighted by Gasteiger charge is -2.36. The fourth-order valence-corrected chi connectivity index (χ4v) is 4.95. The highest BCUT2D eigenvalue weighted by atomic mass is 32.1. The zero-order chi connectivity index (χ0) is 23.9. The molecule has 0 aliphatic carbocycles. The van der Waals surface area contributed by atoms with E-state index in [0.29, 0.717) is 17.1 Å². The Labute approximate surface area is 208 Å². The lowest BCUT2D eigenvalue weighted by molar-refractivity contribution is 0.436. The van der Waals surface area contributed by atoms with Crippen LogP contribution in [0.5, 0.6) is 0 Å².